The van der Waals surface area contributed by atoms with Gasteiger partial charge in [-0.15, -0.1) is 12.4 Å². The maximum absolute atomic E-state index is 12.6. The van der Waals surface area contributed by atoms with E-state index >= 15 is 0 Å². The molecule has 0 radical (unpaired) electrons. The summed E-state index contributed by atoms with van der Waals surface area (Å²) in [7, 11) is 0. The number of rotatable bonds is 7. The van der Waals surface area contributed by atoms with Crippen molar-refractivity contribution in [1.29, 1.82) is 0 Å². The first kappa shape index (κ1) is 24.9. The number of alkyl halides is 1. The number of hydrogen-bond acceptors (Lipinski definition) is 5. The van der Waals surface area contributed by atoms with Gasteiger partial charge in [-0.3, -0.25) is 9.29 Å². The lowest BCUT2D eigenvalue weighted by molar-refractivity contribution is 0.0668. The molecule has 5 nitrogen and oxygen atoms in total. The number of aromatic hydroxyl groups is 2. The van der Waals surface area contributed by atoms with Gasteiger partial charge in [-0.1, -0.05) is 24.3 Å². The van der Waals surface area contributed by atoms with Crippen molar-refractivity contribution in [2.45, 2.75) is 13.0 Å². The molecular formula is C28H29ClFNO4. The molecule has 2 heterocycles. The van der Waals surface area contributed by atoms with Gasteiger partial charge in [-0.2, -0.15) is 0 Å². The van der Waals surface area contributed by atoms with Crippen molar-refractivity contribution in [3.05, 3.63) is 83.4 Å². The van der Waals surface area contributed by atoms with Gasteiger partial charge in [0, 0.05) is 36.7 Å². The van der Waals surface area contributed by atoms with E-state index in [0.29, 0.717) is 12.4 Å². The fraction of sp³-hybridized carbons (Fsp3) is 0.286. The lowest BCUT2D eigenvalue weighted by Gasteiger charge is -2.37. The smallest absolute Gasteiger partial charge is 0.150 e. The molecule has 2 N–H and O–H groups in total. The minimum atomic E-state index is -0.383. The Bertz CT molecular complexity index is 1210. The third-order valence-electron chi connectivity index (χ3n) is 6.55. The van der Waals surface area contributed by atoms with E-state index in [2.05, 4.69) is 4.90 Å². The van der Waals surface area contributed by atoms with Crippen LogP contribution in [0.2, 0.25) is 0 Å². The van der Waals surface area contributed by atoms with Crippen LogP contribution in [0.15, 0.2) is 66.7 Å². The molecular weight excluding hydrogens is 469 g/mol. The molecule has 2 aliphatic rings. The predicted molar refractivity (Wildman–Crippen MR) is 137 cm³/mol. The van der Waals surface area contributed by atoms with E-state index in [1.165, 1.54) is 0 Å². The fourth-order valence-electron chi connectivity index (χ4n) is 4.71. The summed E-state index contributed by atoms with van der Waals surface area (Å²) in [4.78, 5) is 2.19. The number of phenolic OH excluding ortho intramolecular Hbond substituents is 2. The molecule has 184 valence electrons. The highest BCUT2D eigenvalue weighted by molar-refractivity contribution is 5.95. The zero-order valence-corrected chi connectivity index (χ0v) is 20.3. The van der Waals surface area contributed by atoms with Crippen molar-refractivity contribution >= 4 is 23.6 Å². The van der Waals surface area contributed by atoms with Crippen molar-refractivity contribution in [2.75, 3.05) is 32.9 Å². The van der Waals surface area contributed by atoms with Crippen LogP contribution in [0, 0.1) is 5.92 Å². The minimum Gasteiger partial charge on any atom is -0.508 e. The first-order valence-corrected chi connectivity index (χ1v) is 11.5. The van der Waals surface area contributed by atoms with E-state index in [0.717, 1.165) is 53.2 Å². The Balaban J connectivity index is 0.00000289. The molecule has 3 aromatic carbocycles. The van der Waals surface area contributed by atoms with Crippen LogP contribution in [0.25, 0.3) is 11.1 Å². The molecule has 0 aromatic heterocycles. The van der Waals surface area contributed by atoms with Crippen molar-refractivity contribution in [2.24, 2.45) is 5.92 Å². The van der Waals surface area contributed by atoms with Gasteiger partial charge in [-0.05, 0) is 66.1 Å². The lowest BCUT2D eigenvalue weighted by atomic mass is 9.86. The Hall–Kier alpha value is -3.22. The molecule has 1 atom stereocenters. The van der Waals surface area contributed by atoms with Crippen LogP contribution in [-0.2, 0) is 0 Å². The van der Waals surface area contributed by atoms with Gasteiger partial charge in [0.05, 0.1) is 6.67 Å². The highest BCUT2D eigenvalue weighted by atomic mass is 35.5. The summed E-state index contributed by atoms with van der Waals surface area (Å²) < 4.78 is 24.9. The summed E-state index contributed by atoms with van der Waals surface area (Å²) in [6.07, 6.45) is -0.383. The van der Waals surface area contributed by atoms with Gasteiger partial charge >= 0.3 is 0 Å². The number of allylic oxidation sites excluding steroid dienone is 1. The standard InChI is InChI=1S/C28H28FNO4.ClH/c1-18-25-14-23(32)7-10-26(25)34-28(27(18)21-3-2-4-22(31)13-21)20-5-8-24(9-6-20)33-12-11-30-16-19(15-29)17-30;/h2-10,13-14,19,28,31-32H,11-12,15-17H2,1H3;1H. The van der Waals surface area contributed by atoms with Crippen LogP contribution >= 0.6 is 12.4 Å². The molecule has 1 unspecified atom stereocenters. The van der Waals surface area contributed by atoms with Gasteiger partial charge in [0.1, 0.15) is 35.7 Å². The molecule has 5 rings (SSSR count). The summed E-state index contributed by atoms with van der Waals surface area (Å²) in [5, 5.41) is 20.1. The largest absolute Gasteiger partial charge is 0.508 e. The molecule has 3 aromatic rings. The average molecular weight is 498 g/mol. The molecule has 2 aliphatic heterocycles. The summed E-state index contributed by atoms with van der Waals surface area (Å²) in [6, 6.07) is 20.1. The van der Waals surface area contributed by atoms with Crippen molar-refractivity contribution in [1.82, 2.24) is 4.90 Å². The van der Waals surface area contributed by atoms with E-state index in [9.17, 15) is 14.6 Å². The molecule has 7 heteroatoms. The molecule has 0 bridgehead atoms. The average Bonchev–Trinajstić information content (AvgIpc) is 2.81. The summed E-state index contributed by atoms with van der Waals surface area (Å²) in [6.45, 7) is 4.72. The van der Waals surface area contributed by atoms with E-state index < -0.39 is 0 Å². The van der Waals surface area contributed by atoms with E-state index in [1.54, 1.807) is 30.3 Å². The van der Waals surface area contributed by atoms with Gasteiger partial charge in [-0.25, -0.2) is 0 Å². The number of phenols is 2. The summed E-state index contributed by atoms with van der Waals surface area (Å²) >= 11 is 0. The number of likely N-dealkylation sites (tertiary alicyclic amines) is 1. The van der Waals surface area contributed by atoms with Crippen LogP contribution < -0.4 is 9.47 Å². The summed E-state index contributed by atoms with van der Waals surface area (Å²) in [5.41, 5.74) is 4.56. The van der Waals surface area contributed by atoms with Gasteiger partial charge in [0.15, 0.2) is 0 Å². The Labute approximate surface area is 210 Å². The SMILES string of the molecule is CC1=C(c2cccc(O)c2)C(c2ccc(OCCN3CC(CF)C3)cc2)Oc2ccc(O)cc21.Cl. The van der Waals surface area contributed by atoms with Gasteiger partial charge < -0.3 is 19.7 Å². The Morgan fingerprint density at radius 3 is 2.46 bits per heavy atom. The summed E-state index contributed by atoms with van der Waals surface area (Å²) in [5.74, 6) is 2.01. The predicted octanol–water partition coefficient (Wildman–Crippen LogP) is 5.86. The number of benzene rings is 3. The number of ether oxygens (including phenoxy) is 2. The van der Waals surface area contributed by atoms with Crippen LogP contribution in [0.3, 0.4) is 0 Å². The Kier molecular flexibility index (Phi) is 7.53. The Morgan fingerprint density at radius 1 is 1.00 bits per heavy atom. The highest BCUT2D eigenvalue weighted by Crippen LogP contribution is 2.47. The second-order valence-corrected chi connectivity index (χ2v) is 8.96. The molecule has 1 fully saturated rings. The number of fused-ring (bicyclic) bond motifs is 1. The second kappa shape index (κ2) is 10.6. The third-order valence-corrected chi connectivity index (χ3v) is 6.55. The molecule has 1 saturated heterocycles. The maximum Gasteiger partial charge on any atom is 0.150 e. The quantitative estimate of drug-likeness (QED) is 0.428. The Morgan fingerprint density at radius 2 is 1.74 bits per heavy atom. The number of halogens is 2. The number of hydrogen-bond donors (Lipinski definition) is 2. The van der Waals surface area contributed by atoms with Crippen LogP contribution in [0.4, 0.5) is 4.39 Å². The maximum atomic E-state index is 12.6. The third kappa shape index (κ3) is 5.24. The minimum absolute atomic E-state index is 0. The van der Waals surface area contributed by atoms with E-state index in [1.807, 2.05) is 43.3 Å². The second-order valence-electron chi connectivity index (χ2n) is 8.96. The van der Waals surface area contributed by atoms with Crippen LogP contribution in [0.1, 0.15) is 29.7 Å². The molecule has 0 saturated carbocycles. The van der Waals surface area contributed by atoms with Crippen molar-refractivity contribution < 1.29 is 24.1 Å². The van der Waals surface area contributed by atoms with Gasteiger partial charge in [0.2, 0.25) is 0 Å². The van der Waals surface area contributed by atoms with Crippen molar-refractivity contribution in [3.63, 3.8) is 0 Å². The molecule has 0 spiro atoms. The zero-order chi connectivity index (χ0) is 23.7. The first-order chi connectivity index (χ1) is 16.5. The zero-order valence-electron chi connectivity index (χ0n) is 19.5. The van der Waals surface area contributed by atoms with Crippen molar-refractivity contribution in [3.8, 4) is 23.0 Å². The highest BCUT2D eigenvalue weighted by Gasteiger charge is 2.30. The molecule has 35 heavy (non-hydrogen) atoms. The van der Waals surface area contributed by atoms with E-state index in [-0.39, 0.29) is 42.6 Å². The van der Waals surface area contributed by atoms with Crippen LogP contribution in [-0.4, -0.2) is 48.0 Å². The topological polar surface area (TPSA) is 62.2 Å². The van der Waals surface area contributed by atoms with E-state index in [4.69, 9.17) is 9.47 Å². The monoisotopic (exact) mass is 497 g/mol. The fourth-order valence-corrected chi connectivity index (χ4v) is 4.71. The normalized spacial score (nSPS) is 17.7. The molecule has 0 aliphatic carbocycles. The first-order valence-electron chi connectivity index (χ1n) is 11.5. The number of nitrogens with zero attached hydrogens (tertiary/aromatic N) is 1. The van der Waals surface area contributed by atoms with Crippen LogP contribution in [0.5, 0.6) is 23.0 Å². The lowest BCUT2D eigenvalue weighted by Crippen LogP contribution is -2.49. The molecule has 0 amide bonds. The van der Waals surface area contributed by atoms with Gasteiger partial charge in [0.25, 0.3) is 0 Å².